The predicted octanol–water partition coefficient (Wildman–Crippen LogP) is 1.05. The highest BCUT2D eigenvalue weighted by Crippen LogP contribution is 2.17. The Bertz CT molecular complexity index is 666. The van der Waals surface area contributed by atoms with Gasteiger partial charge >= 0.3 is 0 Å². The number of carbonyl (C=O) groups excluding carboxylic acids is 1. The summed E-state index contributed by atoms with van der Waals surface area (Å²) in [6, 6.07) is 5.84. The molecule has 1 heterocycles. The van der Waals surface area contributed by atoms with E-state index in [0.717, 1.165) is 12.8 Å². The Morgan fingerprint density at radius 3 is 2.88 bits per heavy atom. The molecule has 0 radical (unpaired) electrons. The van der Waals surface area contributed by atoms with Crippen molar-refractivity contribution in [2.24, 2.45) is 5.92 Å². The third kappa shape index (κ3) is 5.85. The first-order valence-corrected chi connectivity index (χ1v) is 9.57. The topological polar surface area (TPSA) is 78.5 Å². The second kappa shape index (κ2) is 8.55. The molecule has 2 rings (SSSR count). The van der Waals surface area contributed by atoms with Crippen molar-refractivity contribution in [2.75, 3.05) is 26.2 Å². The number of hydrogen-bond donors (Lipinski definition) is 2. The van der Waals surface area contributed by atoms with Gasteiger partial charge in [-0.25, -0.2) is 9.11 Å². The zero-order valence-electron chi connectivity index (χ0n) is 13.8. The lowest BCUT2D eigenvalue weighted by atomic mass is 10.0. The molecule has 0 aromatic heterocycles. The fraction of sp³-hybridized carbons (Fsp3) is 0.562. The van der Waals surface area contributed by atoms with Gasteiger partial charge in [-0.3, -0.25) is 4.79 Å². The number of piperidine rings is 1. The van der Waals surface area contributed by atoms with Crippen LogP contribution in [0, 0.1) is 11.7 Å². The molecule has 24 heavy (non-hydrogen) atoms. The number of amides is 1. The van der Waals surface area contributed by atoms with E-state index in [1.165, 1.54) is 16.4 Å². The molecule has 1 atom stereocenters. The largest absolute Gasteiger partial charge is 0.354 e. The normalized spacial score (nSPS) is 19.2. The van der Waals surface area contributed by atoms with E-state index in [-0.39, 0.29) is 31.2 Å². The summed E-state index contributed by atoms with van der Waals surface area (Å²) in [7, 11) is -3.50. The van der Waals surface area contributed by atoms with Crippen LogP contribution in [0.25, 0.3) is 0 Å². The molecule has 0 saturated carbocycles. The molecule has 1 aromatic carbocycles. The number of rotatable bonds is 7. The summed E-state index contributed by atoms with van der Waals surface area (Å²) in [4.78, 5) is 11.8. The van der Waals surface area contributed by atoms with Gasteiger partial charge in [0.15, 0.2) is 0 Å². The van der Waals surface area contributed by atoms with E-state index in [0.29, 0.717) is 24.6 Å². The monoisotopic (exact) mass is 357 g/mol. The van der Waals surface area contributed by atoms with Crippen LogP contribution in [0.1, 0.15) is 25.3 Å². The smallest absolute Gasteiger partial charge is 0.279 e. The van der Waals surface area contributed by atoms with Gasteiger partial charge in [-0.1, -0.05) is 19.1 Å². The van der Waals surface area contributed by atoms with Gasteiger partial charge < -0.3 is 5.32 Å². The summed E-state index contributed by atoms with van der Waals surface area (Å²) in [6.45, 7) is 3.42. The zero-order chi connectivity index (χ0) is 17.6. The molecule has 0 spiro atoms. The Labute approximate surface area is 142 Å². The van der Waals surface area contributed by atoms with Crippen molar-refractivity contribution in [1.82, 2.24) is 14.3 Å². The van der Waals surface area contributed by atoms with Crippen LogP contribution in [-0.2, 0) is 21.4 Å². The molecular weight excluding hydrogens is 333 g/mol. The Hall–Kier alpha value is -1.51. The molecule has 0 aliphatic carbocycles. The number of nitrogens with zero attached hydrogens (tertiary/aromatic N) is 1. The van der Waals surface area contributed by atoms with Crippen molar-refractivity contribution in [3.63, 3.8) is 0 Å². The fourth-order valence-electron chi connectivity index (χ4n) is 2.73. The number of benzene rings is 1. The minimum absolute atomic E-state index is 0.0636. The Morgan fingerprint density at radius 2 is 2.17 bits per heavy atom. The average Bonchev–Trinajstić information content (AvgIpc) is 2.52. The third-order valence-electron chi connectivity index (χ3n) is 3.95. The molecule has 1 saturated heterocycles. The number of halogens is 1. The summed E-state index contributed by atoms with van der Waals surface area (Å²) in [5, 5.41) is 2.63. The number of carbonyl (C=O) groups is 1. The maximum Gasteiger partial charge on any atom is 0.279 e. The highest BCUT2D eigenvalue weighted by atomic mass is 32.2. The molecule has 0 unspecified atom stereocenters. The van der Waals surface area contributed by atoms with Crippen LogP contribution >= 0.6 is 0 Å². The van der Waals surface area contributed by atoms with Gasteiger partial charge in [0.05, 0.1) is 6.42 Å². The van der Waals surface area contributed by atoms with Crippen molar-refractivity contribution in [2.45, 2.75) is 26.2 Å². The first-order chi connectivity index (χ1) is 11.4. The molecular formula is C16H24FN3O3S. The van der Waals surface area contributed by atoms with Gasteiger partial charge in [0.2, 0.25) is 5.91 Å². The summed E-state index contributed by atoms with van der Waals surface area (Å²) >= 11 is 0. The van der Waals surface area contributed by atoms with E-state index in [9.17, 15) is 17.6 Å². The van der Waals surface area contributed by atoms with Gasteiger partial charge in [-0.2, -0.15) is 12.7 Å². The van der Waals surface area contributed by atoms with Crippen LogP contribution < -0.4 is 10.0 Å². The van der Waals surface area contributed by atoms with Gasteiger partial charge in [-0.15, -0.1) is 0 Å². The van der Waals surface area contributed by atoms with Gasteiger partial charge in [0.25, 0.3) is 10.2 Å². The summed E-state index contributed by atoms with van der Waals surface area (Å²) < 4.78 is 41.3. The minimum Gasteiger partial charge on any atom is -0.354 e. The van der Waals surface area contributed by atoms with Crippen LogP contribution in [0.3, 0.4) is 0 Å². The first-order valence-electron chi connectivity index (χ1n) is 8.13. The van der Waals surface area contributed by atoms with Crippen molar-refractivity contribution < 1.29 is 17.6 Å². The molecule has 6 nitrogen and oxygen atoms in total. The van der Waals surface area contributed by atoms with Crippen LogP contribution in [0.5, 0.6) is 0 Å². The SMILES string of the molecule is C[C@H]1CCCN(S(=O)(=O)NCCNC(=O)Cc2cccc(F)c2)C1. The quantitative estimate of drug-likeness (QED) is 0.716. The fourth-order valence-corrected chi connectivity index (χ4v) is 4.10. The summed E-state index contributed by atoms with van der Waals surface area (Å²) in [5.41, 5.74) is 0.579. The van der Waals surface area contributed by atoms with E-state index < -0.39 is 10.2 Å². The lowest BCUT2D eigenvalue weighted by Crippen LogP contribution is -2.47. The van der Waals surface area contributed by atoms with Crippen LogP contribution in [0.15, 0.2) is 24.3 Å². The predicted molar refractivity (Wildman–Crippen MR) is 90.0 cm³/mol. The molecule has 0 bridgehead atoms. The lowest BCUT2D eigenvalue weighted by Gasteiger charge is -2.29. The molecule has 1 aliphatic heterocycles. The van der Waals surface area contributed by atoms with E-state index >= 15 is 0 Å². The third-order valence-corrected chi connectivity index (χ3v) is 5.53. The van der Waals surface area contributed by atoms with Crippen LogP contribution in [0.2, 0.25) is 0 Å². The highest BCUT2D eigenvalue weighted by Gasteiger charge is 2.26. The second-order valence-electron chi connectivity index (χ2n) is 6.16. The van der Waals surface area contributed by atoms with Crippen LogP contribution in [0.4, 0.5) is 4.39 Å². The second-order valence-corrected chi connectivity index (χ2v) is 7.92. The lowest BCUT2D eigenvalue weighted by molar-refractivity contribution is -0.120. The standard InChI is InChI=1S/C16H24FN3O3S/c1-13-4-3-9-20(12-13)24(22,23)19-8-7-18-16(21)11-14-5-2-6-15(17)10-14/h2,5-6,10,13,19H,3-4,7-9,11-12H2,1H3,(H,18,21)/t13-/m0/s1. The van der Waals surface area contributed by atoms with E-state index in [4.69, 9.17) is 0 Å². The maximum absolute atomic E-state index is 13.0. The summed E-state index contributed by atoms with van der Waals surface area (Å²) in [5.74, 6) is -0.295. The van der Waals surface area contributed by atoms with Gasteiger partial charge in [0, 0.05) is 26.2 Å². The Kier molecular flexibility index (Phi) is 6.70. The van der Waals surface area contributed by atoms with Crippen molar-refractivity contribution in [3.8, 4) is 0 Å². The number of hydrogen-bond acceptors (Lipinski definition) is 3. The Morgan fingerprint density at radius 1 is 1.38 bits per heavy atom. The van der Waals surface area contributed by atoms with Crippen molar-refractivity contribution in [3.05, 3.63) is 35.6 Å². The first kappa shape index (κ1) is 18.8. The maximum atomic E-state index is 13.0. The van der Waals surface area contributed by atoms with E-state index in [1.54, 1.807) is 12.1 Å². The van der Waals surface area contributed by atoms with E-state index in [2.05, 4.69) is 10.0 Å². The van der Waals surface area contributed by atoms with Gasteiger partial charge in [0.1, 0.15) is 5.82 Å². The Balaban J connectivity index is 1.71. The molecule has 1 aliphatic rings. The van der Waals surface area contributed by atoms with Crippen molar-refractivity contribution >= 4 is 16.1 Å². The molecule has 134 valence electrons. The molecule has 2 N–H and O–H groups in total. The molecule has 1 amide bonds. The molecule has 8 heteroatoms. The van der Waals surface area contributed by atoms with Crippen molar-refractivity contribution in [1.29, 1.82) is 0 Å². The molecule has 1 fully saturated rings. The minimum atomic E-state index is -3.50. The molecule has 1 aromatic rings. The van der Waals surface area contributed by atoms with Gasteiger partial charge in [-0.05, 0) is 36.5 Å². The highest BCUT2D eigenvalue weighted by molar-refractivity contribution is 7.87. The summed E-state index contributed by atoms with van der Waals surface area (Å²) in [6.07, 6.45) is 1.97. The average molecular weight is 357 g/mol. The number of nitrogens with one attached hydrogen (secondary N) is 2. The van der Waals surface area contributed by atoms with Crippen LogP contribution in [-0.4, -0.2) is 44.8 Å². The zero-order valence-corrected chi connectivity index (χ0v) is 14.6. The van der Waals surface area contributed by atoms with E-state index in [1.807, 2.05) is 6.92 Å².